The van der Waals surface area contributed by atoms with Crippen LogP contribution in [-0.2, 0) is 17.1 Å². The number of nitrogens with zero attached hydrogens (tertiary/aromatic N) is 2. The maximum atomic E-state index is 12.1. The zero-order valence-corrected chi connectivity index (χ0v) is 13.4. The van der Waals surface area contributed by atoms with Gasteiger partial charge in [0.1, 0.15) is 0 Å². The normalized spacial score (nSPS) is 12.0. The molecule has 0 saturated heterocycles. The summed E-state index contributed by atoms with van der Waals surface area (Å²) in [6.07, 6.45) is 1.52. The molecule has 0 fully saturated rings. The van der Waals surface area contributed by atoms with E-state index >= 15 is 0 Å². The lowest BCUT2D eigenvalue weighted by Gasteiger charge is -2.03. The van der Waals surface area contributed by atoms with Crippen molar-refractivity contribution in [1.29, 1.82) is 0 Å². The molecule has 0 saturated carbocycles. The van der Waals surface area contributed by atoms with Crippen molar-refractivity contribution in [3.63, 3.8) is 0 Å². The van der Waals surface area contributed by atoms with E-state index in [-0.39, 0.29) is 4.90 Å². The largest absolute Gasteiger partial charge is 0.352 e. The van der Waals surface area contributed by atoms with Gasteiger partial charge in [-0.25, -0.2) is 4.83 Å². The highest BCUT2D eigenvalue weighted by Gasteiger charge is 2.12. The maximum absolute atomic E-state index is 12.1. The van der Waals surface area contributed by atoms with E-state index in [1.807, 2.05) is 38.5 Å². The number of benzene rings is 1. The average molecular weight is 305 g/mol. The van der Waals surface area contributed by atoms with Crippen LogP contribution in [0.5, 0.6) is 0 Å². The first-order valence-electron chi connectivity index (χ1n) is 6.56. The molecule has 0 unspecified atom stereocenters. The maximum Gasteiger partial charge on any atom is 0.276 e. The summed E-state index contributed by atoms with van der Waals surface area (Å²) < 4.78 is 26.1. The van der Waals surface area contributed by atoms with Gasteiger partial charge in [-0.3, -0.25) is 0 Å². The Labute approximate surface area is 125 Å². The van der Waals surface area contributed by atoms with Crippen molar-refractivity contribution in [2.24, 2.45) is 12.1 Å². The number of sulfonamides is 1. The fraction of sp³-hybridized carbons (Fsp3) is 0.267. The van der Waals surface area contributed by atoms with E-state index in [9.17, 15) is 8.42 Å². The Kier molecular flexibility index (Phi) is 4.18. The van der Waals surface area contributed by atoms with Crippen LogP contribution in [0.15, 0.2) is 40.3 Å². The fourth-order valence-electron chi connectivity index (χ4n) is 1.95. The van der Waals surface area contributed by atoms with Gasteiger partial charge in [0.05, 0.1) is 11.1 Å². The van der Waals surface area contributed by atoms with Gasteiger partial charge >= 0.3 is 0 Å². The van der Waals surface area contributed by atoms with Crippen molar-refractivity contribution in [3.05, 3.63) is 52.8 Å². The Morgan fingerprint density at radius 2 is 1.76 bits per heavy atom. The van der Waals surface area contributed by atoms with Crippen LogP contribution in [0.1, 0.15) is 22.5 Å². The summed E-state index contributed by atoms with van der Waals surface area (Å²) in [5, 5.41) is 3.85. The van der Waals surface area contributed by atoms with Gasteiger partial charge in [-0.1, -0.05) is 17.7 Å². The molecule has 0 aliphatic rings. The van der Waals surface area contributed by atoms with Crippen molar-refractivity contribution in [2.45, 2.75) is 25.7 Å². The molecule has 1 aromatic carbocycles. The number of aryl methyl sites for hydroxylation is 2. The summed E-state index contributed by atoms with van der Waals surface area (Å²) in [6, 6.07) is 8.58. The average Bonchev–Trinajstić information content (AvgIpc) is 2.67. The van der Waals surface area contributed by atoms with E-state index in [0.717, 1.165) is 22.5 Å². The number of aromatic nitrogens is 1. The minimum atomic E-state index is -3.62. The molecular formula is C15H19N3O2S. The van der Waals surface area contributed by atoms with Crippen LogP contribution >= 0.6 is 0 Å². The first-order chi connectivity index (χ1) is 9.81. The summed E-state index contributed by atoms with van der Waals surface area (Å²) in [4.78, 5) is 2.43. The van der Waals surface area contributed by atoms with Crippen LogP contribution < -0.4 is 4.83 Å². The molecular weight excluding hydrogens is 286 g/mol. The minimum absolute atomic E-state index is 0.200. The molecule has 0 aliphatic heterocycles. The van der Waals surface area contributed by atoms with Crippen LogP contribution in [0.3, 0.4) is 0 Å². The molecule has 21 heavy (non-hydrogen) atoms. The molecule has 0 aliphatic carbocycles. The van der Waals surface area contributed by atoms with Crippen LogP contribution in [0.4, 0.5) is 0 Å². The van der Waals surface area contributed by atoms with Crippen molar-refractivity contribution in [1.82, 2.24) is 9.40 Å². The number of hydrogen-bond acceptors (Lipinski definition) is 3. The molecule has 1 heterocycles. The highest BCUT2D eigenvalue weighted by atomic mass is 32.2. The third-order valence-corrected chi connectivity index (χ3v) is 4.76. The van der Waals surface area contributed by atoms with E-state index in [4.69, 9.17) is 0 Å². The molecule has 2 aromatic rings. The highest BCUT2D eigenvalue weighted by Crippen LogP contribution is 2.12. The van der Waals surface area contributed by atoms with Crippen molar-refractivity contribution >= 4 is 16.2 Å². The predicted octanol–water partition coefficient (Wildman–Crippen LogP) is 2.26. The summed E-state index contributed by atoms with van der Waals surface area (Å²) in [5.74, 6) is 0. The van der Waals surface area contributed by atoms with E-state index in [1.54, 1.807) is 24.3 Å². The molecule has 5 nitrogen and oxygen atoms in total. The minimum Gasteiger partial charge on any atom is -0.352 e. The summed E-state index contributed by atoms with van der Waals surface area (Å²) >= 11 is 0. The number of nitrogens with one attached hydrogen (secondary N) is 1. The van der Waals surface area contributed by atoms with E-state index in [2.05, 4.69) is 9.93 Å². The molecule has 0 bridgehead atoms. The quantitative estimate of drug-likeness (QED) is 0.695. The Morgan fingerprint density at radius 3 is 2.29 bits per heavy atom. The van der Waals surface area contributed by atoms with Crippen LogP contribution in [0, 0.1) is 20.8 Å². The van der Waals surface area contributed by atoms with Gasteiger partial charge in [0, 0.05) is 24.0 Å². The van der Waals surface area contributed by atoms with Gasteiger partial charge in [0.25, 0.3) is 10.0 Å². The molecule has 2 rings (SSSR count). The monoisotopic (exact) mass is 305 g/mol. The van der Waals surface area contributed by atoms with E-state index in [1.165, 1.54) is 6.21 Å². The summed E-state index contributed by atoms with van der Waals surface area (Å²) in [6.45, 7) is 5.85. The Balaban J connectivity index is 2.16. The van der Waals surface area contributed by atoms with E-state index < -0.39 is 10.0 Å². The summed E-state index contributed by atoms with van der Waals surface area (Å²) in [5.41, 5.74) is 4.02. The Bertz CT molecular complexity index is 772. The van der Waals surface area contributed by atoms with Gasteiger partial charge < -0.3 is 4.57 Å². The topological polar surface area (TPSA) is 63.5 Å². The Morgan fingerprint density at radius 1 is 1.14 bits per heavy atom. The third-order valence-electron chi connectivity index (χ3n) is 3.52. The van der Waals surface area contributed by atoms with Gasteiger partial charge in [0.15, 0.2) is 0 Å². The summed E-state index contributed by atoms with van der Waals surface area (Å²) in [7, 11) is -1.66. The number of hydrazone groups is 1. The fourth-order valence-corrected chi connectivity index (χ4v) is 2.74. The lowest BCUT2D eigenvalue weighted by Crippen LogP contribution is -2.18. The Hall–Kier alpha value is -2.08. The molecule has 0 amide bonds. The van der Waals surface area contributed by atoms with Crippen molar-refractivity contribution in [2.75, 3.05) is 0 Å². The highest BCUT2D eigenvalue weighted by molar-refractivity contribution is 7.89. The lowest BCUT2D eigenvalue weighted by atomic mass is 10.2. The van der Waals surface area contributed by atoms with Crippen molar-refractivity contribution in [3.8, 4) is 0 Å². The second kappa shape index (κ2) is 5.73. The molecule has 0 spiro atoms. The molecule has 0 radical (unpaired) electrons. The zero-order valence-electron chi connectivity index (χ0n) is 12.6. The zero-order chi connectivity index (χ0) is 15.6. The van der Waals surface area contributed by atoms with E-state index in [0.29, 0.717) is 0 Å². The van der Waals surface area contributed by atoms with Crippen molar-refractivity contribution < 1.29 is 8.42 Å². The van der Waals surface area contributed by atoms with Gasteiger partial charge in [-0.2, -0.15) is 13.5 Å². The SMILES string of the molecule is Cc1ccc(S(=O)(=O)N/N=C\c2cc(C)n(C)c2C)cc1. The molecule has 0 atom stereocenters. The second-order valence-electron chi connectivity index (χ2n) is 5.05. The third kappa shape index (κ3) is 3.33. The molecule has 112 valence electrons. The standard InChI is InChI=1S/C15H19N3O2S/c1-11-5-7-15(8-6-11)21(19,20)17-16-10-14-9-12(2)18(4)13(14)3/h5-10,17H,1-4H3/b16-10-. The van der Waals surface area contributed by atoms with Crippen LogP contribution in [-0.4, -0.2) is 19.2 Å². The lowest BCUT2D eigenvalue weighted by molar-refractivity contribution is 0.584. The molecule has 6 heteroatoms. The predicted molar refractivity (Wildman–Crippen MR) is 84.0 cm³/mol. The smallest absolute Gasteiger partial charge is 0.276 e. The number of rotatable bonds is 4. The first-order valence-corrected chi connectivity index (χ1v) is 8.04. The first kappa shape index (κ1) is 15.3. The van der Waals surface area contributed by atoms with Gasteiger partial charge in [-0.15, -0.1) is 0 Å². The molecule has 1 aromatic heterocycles. The second-order valence-corrected chi connectivity index (χ2v) is 6.71. The van der Waals surface area contributed by atoms with Gasteiger partial charge in [0.2, 0.25) is 0 Å². The van der Waals surface area contributed by atoms with Crippen LogP contribution in [0.2, 0.25) is 0 Å². The molecule has 1 N–H and O–H groups in total. The van der Waals surface area contributed by atoms with Crippen LogP contribution in [0.25, 0.3) is 0 Å². The number of hydrogen-bond donors (Lipinski definition) is 1. The van der Waals surface area contributed by atoms with Gasteiger partial charge in [-0.05, 0) is 39.0 Å².